The Labute approximate surface area is 155 Å². The summed E-state index contributed by atoms with van der Waals surface area (Å²) in [5.41, 5.74) is 6.45. The Balaban J connectivity index is 1.94. The zero-order valence-electron chi connectivity index (χ0n) is 15.8. The van der Waals surface area contributed by atoms with Crippen molar-refractivity contribution in [1.29, 1.82) is 0 Å². The van der Waals surface area contributed by atoms with Gasteiger partial charge in [0.05, 0.1) is 0 Å². The minimum Gasteiger partial charge on any atom is -0.423 e. The molecule has 0 atom stereocenters. The van der Waals surface area contributed by atoms with Crippen LogP contribution in [0.25, 0.3) is 11.1 Å². The van der Waals surface area contributed by atoms with Gasteiger partial charge in [-0.1, -0.05) is 44.7 Å². The molecule has 2 aromatic rings. The van der Waals surface area contributed by atoms with E-state index in [1.165, 1.54) is 27.8 Å². The van der Waals surface area contributed by atoms with Crippen LogP contribution in [0.15, 0.2) is 48.6 Å². The smallest absolute Gasteiger partial charge is 0.338 e. The van der Waals surface area contributed by atoms with Gasteiger partial charge < -0.3 is 9.84 Å². The third-order valence-electron chi connectivity index (χ3n) is 5.14. The Hall–Kier alpha value is -2.39. The SMILES string of the molecule is C=C(C)C(=O)Oc1ccc2c(c1)C(C)(C)c1cc(CCCCO)ccc1-2. The van der Waals surface area contributed by atoms with Crippen LogP contribution in [0.3, 0.4) is 0 Å². The summed E-state index contributed by atoms with van der Waals surface area (Å²) in [4.78, 5) is 11.8. The number of ether oxygens (including phenoxy) is 1. The molecule has 2 aromatic carbocycles. The first-order chi connectivity index (χ1) is 12.3. The second-order valence-corrected chi connectivity index (χ2v) is 7.56. The summed E-state index contributed by atoms with van der Waals surface area (Å²) in [6, 6.07) is 12.5. The standard InChI is InChI=1S/C23H26O3/c1-15(2)22(25)26-17-9-11-19-18-10-8-16(7-5-6-12-24)13-20(18)23(3,4)21(19)14-17/h8-11,13-14,24H,1,5-7,12H2,2-4H3. The number of esters is 1. The van der Waals surface area contributed by atoms with E-state index in [0.717, 1.165) is 19.3 Å². The maximum atomic E-state index is 11.8. The largest absolute Gasteiger partial charge is 0.423 e. The zero-order chi connectivity index (χ0) is 18.9. The maximum Gasteiger partial charge on any atom is 0.338 e. The lowest BCUT2D eigenvalue weighted by molar-refractivity contribution is -0.130. The molecular weight excluding hydrogens is 324 g/mol. The first-order valence-electron chi connectivity index (χ1n) is 9.11. The summed E-state index contributed by atoms with van der Waals surface area (Å²) in [6.45, 7) is 9.94. The Morgan fingerprint density at radius 1 is 1.08 bits per heavy atom. The molecule has 0 fully saturated rings. The number of carbonyl (C=O) groups excluding carboxylic acids is 1. The molecule has 0 saturated heterocycles. The fourth-order valence-electron chi connectivity index (χ4n) is 3.62. The third-order valence-corrected chi connectivity index (χ3v) is 5.14. The van der Waals surface area contributed by atoms with Crippen molar-refractivity contribution in [2.45, 2.75) is 45.4 Å². The van der Waals surface area contributed by atoms with Gasteiger partial charge in [0.1, 0.15) is 5.75 Å². The number of aliphatic hydroxyl groups excluding tert-OH is 1. The number of benzene rings is 2. The molecule has 0 bridgehead atoms. The van der Waals surface area contributed by atoms with Gasteiger partial charge in [0.25, 0.3) is 0 Å². The summed E-state index contributed by atoms with van der Waals surface area (Å²) < 4.78 is 5.42. The second-order valence-electron chi connectivity index (χ2n) is 7.56. The number of hydrogen-bond acceptors (Lipinski definition) is 3. The molecule has 0 spiro atoms. The highest BCUT2D eigenvalue weighted by Crippen LogP contribution is 2.49. The lowest BCUT2D eigenvalue weighted by Crippen LogP contribution is -2.16. The van der Waals surface area contributed by atoms with Gasteiger partial charge in [0, 0.05) is 17.6 Å². The molecule has 0 heterocycles. The lowest BCUT2D eigenvalue weighted by Gasteiger charge is -2.22. The first-order valence-corrected chi connectivity index (χ1v) is 9.11. The van der Waals surface area contributed by atoms with Crippen molar-refractivity contribution in [3.05, 3.63) is 65.2 Å². The second kappa shape index (κ2) is 7.08. The van der Waals surface area contributed by atoms with Crippen molar-refractivity contribution >= 4 is 5.97 Å². The number of aliphatic hydroxyl groups is 1. The highest BCUT2D eigenvalue weighted by molar-refractivity contribution is 5.89. The fourth-order valence-corrected chi connectivity index (χ4v) is 3.62. The van der Waals surface area contributed by atoms with E-state index in [1.807, 2.05) is 18.2 Å². The third kappa shape index (κ3) is 3.32. The van der Waals surface area contributed by atoms with Crippen LogP contribution in [0, 0.1) is 0 Å². The molecule has 0 aromatic heterocycles. The van der Waals surface area contributed by atoms with Crippen LogP contribution in [0.5, 0.6) is 5.75 Å². The summed E-state index contributed by atoms with van der Waals surface area (Å²) in [5, 5.41) is 8.98. The quantitative estimate of drug-likeness (QED) is 0.353. The highest BCUT2D eigenvalue weighted by Gasteiger charge is 2.35. The van der Waals surface area contributed by atoms with E-state index < -0.39 is 5.97 Å². The van der Waals surface area contributed by atoms with Gasteiger partial charge in [0.15, 0.2) is 0 Å². The van der Waals surface area contributed by atoms with E-state index in [9.17, 15) is 4.79 Å². The molecule has 136 valence electrons. The monoisotopic (exact) mass is 350 g/mol. The van der Waals surface area contributed by atoms with E-state index in [0.29, 0.717) is 11.3 Å². The molecule has 26 heavy (non-hydrogen) atoms. The molecule has 0 aliphatic heterocycles. The average Bonchev–Trinajstić information content (AvgIpc) is 2.82. The van der Waals surface area contributed by atoms with Crippen molar-refractivity contribution < 1.29 is 14.6 Å². The van der Waals surface area contributed by atoms with Crippen molar-refractivity contribution in [2.24, 2.45) is 0 Å². The normalized spacial score (nSPS) is 13.8. The van der Waals surface area contributed by atoms with Crippen LogP contribution in [-0.2, 0) is 16.6 Å². The molecule has 0 radical (unpaired) electrons. The van der Waals surface area contributed by atoms with E-state index in [2.05, 4.69) is 38.6 Å². The van der Waals surface area contributed by atoms with Gasteiger partial charge in [-0.2, -0.15) is 0 Å². The van der Waals surface area contributed by atoms with Crippen LogP contribution in [0.2, 0.25) is 0 Å². The average molecular weight is 350 g/mol. The molecule has 1 aliphatic carbocycles. The number of unbranched alkanes of at least 4 members (excludes halogenated alkanes) is 1. The van der Waals surface area contributed by atoms with Crippen molar-refractivity contribution in [3.63, 3.8) is 0 Å². The maximum absolute atomic E-state index is 11.8. The number of aryl methyl sites for hydroxylation is 1. The van der Waals surface area contributed by atoms with Gasteiger partial charge in [-0.25, -0.2) is 4.79 Å². The first kappa shape index (κ1) is 18.4. The summed E-state index contributed by atoms with van der Waals surface area (Å²) >= 11 is 0. The van der Waals surface area contributed by atoms with E-state index >= 15 is 0 Å². The Morgan fingerprint density at radius 3 is 2.38 bits per heavy atom. The van der Waals surface area contributed by atoms with E-state index in [1.54, 1.807) is 6.92 Å². The van der Waals surface area contributed by atoms with Gasteiger partial charge in [0.2, 0.25) is 0 Å². The number of rotatable bonds is 6. The van der Waals surface area contributed by atoms with Crippen molar-refractivity contribution in [1.82, 2.24) is 0 Å². The molecule has 3 heteroatoms. The molecule has 0 unspecified atom stereocenters. The van der Waals surface area contributed by atoms with Crippen LogP contribution in [0.1, 0.15) is 50.3 Å². The minimum atomic E-state index is -0.399. The van der Waals surface area contributed by atoms with Crippen LogP contribution >= 0.6 is 0 Å². The summed E-state index contributed by atoms with van der Waals surface area (Å²) in [6.07, 6.45) is 2.80. The Morgan fingerprint density at radius 2 is 1.73 bits per heavy atom. The lowest BCUT2D eigenvalue weighted by atomic mass is 9.81. The molecular formula is C23H26O3. The van der Waals surface area contributed by atoms with Gasteiger partial charge in [-0.3, -0.25) is 0 Å². The number of carbonyl (C=O) groups is 1. The predicted molar refractivity (Wildman–Crippen MR) is 104 cm³/mol. The highest BCUT2D eigenvalue weighted by atomic mass is 16.5. The van der Waals surface area contributed by atoms with Crippen LogP contribution in [-0.4, -0.2) is 17.7 Å². The Kier molecular flexibility index (Phi) is 5.01. The minimum absolute atomic E-state index is 0.150. The molecule has 3 nitrogen and oxygen atoms in total. The molecule has 3 rings (SSSR count). The van der Waals surface area contributed by atoms with Crippen molar-refractivity contribution in [2.75, 3.05) is 6.61 Å². The van der Waals surface area contributed by atoms with Crippen molar-refractivity contribution in [3.8, 4) is 16.9 Å². The summed E-state index contributed by atoms with van der Waals surface area (Å²) in [7, 11) is 0. The molecule has 1 N–H and O–H groups in total. The fraction of sp³-hybridized carbons (Fsp3) is 0.348. The zero-order valence-corrected chi connectivity index (χ0v) is 15.8. The number of hydrogen-bond donors (Lipinski definition) is 1. The van der Waals surface area contributed by atoms with Gasteiger partial charge >= 0.3 is 5.97 Å². The van der Waals surface area contributed by atoms with Crippen LogP contribution in [0.4, 0.5) is 0 Å². The Bertz CT molecular complexity index is 862. The van der Waals surface area contributed by atoms with E-state index in [4.69, 9.17) is 9.84 Å². The molecule has 1 aliphatic rings. The molecule has 0 saturated carbocycles. The van der Waals surface area contributed by atoms with Gasteiger partial charge in [-0.05, 0) is 66.1 Å². The van der Waals surface area contributed by atoms with Crippen LogP contribution < -0.4 is 4.74 Å². The predicted octanol–water partition coefficient (Wildman–Crippen LogP) is 4.79. The van der Waals surface area contributed by atoms with E-state index in [-0.39, 0.29) is 12.0 Å². The topological polar surface area (TPSA) is 46.5 Å². The summed E-state index contributed by atoms with van der Waals surface area (Å²) in [5.74, 6) is 0.158. The number of fused-ring (bicyclic) bond motifs is 3. The molecule has 0 amide bonds. The van der Waals surface area contributed by atoms with Gasteiger partial charge in [-0.15, -0.1) is 0 Å².